The Hall–Kier alpha value is -3.99. The van der Waals surface area contributed by atoms with E-state index in [0.29, 0.717) is 33.6 Å². The summed E-state index contributed by atoms with van der Waals surface area (Å²) in [5, 5.41) is 12.4. The Morgan fingerprint density at radius 2 is 1.72 bits per heavy atom. The van der Waals surface area contributed by atoms with E-state index in [4.69, 9.17) is 4.74 Å². The lowest BCUT2D eigenvalue weighted by atomic mass is 10.2. The molecule has 0 fully saturated rings. The van der Waals surface area contributed by atoms with Crippen molar-refractivity contribution in [3.8, 4) is 5.75 Å². The summed E-state index contributed by atoms with van der Waals surface area (Å²) in [6.45, 7) is 1.39. The van der Waals surface area contributed by atoms with Gasteiger partial charge in [0.05, 0.1) is 24.9 Å². The van der Waals surface area contributed by atoms with Crippen LogP contribution in [0.25, 0.3) is 0 Å². The molecule has 0 spiro atoms. The number of methoxy groups -OCH3 is 1. The third-order valence-electron chi connectivity index (χ3n) is 4.01. The van der Waals surface area contributed by atoms with Crippen LogP contribution in [-0.2, 0) is 16.0 Å². The Morgan fingerprint density at radius 1 is 1.00 bits per heavy atom. The van der Waals surface area contributed by atoms with Gasteiger partial charge < -0.3 is 20.7 Å². The van der Waals surface area contributed by atoms with E-state index in [1.54, 1.807) is 23.6 Å². The molecule has 166 valence electrons. The number of nitrogens with one attached hydrogen (secondary N) is 4. The van der Waals surface area contributed by atoms with Crippen LogP contribution in [-0.4, -0.2) is 29.9 Å². The fraction of sp³-hybridized carbons (Fsp3) is 0.143. The molecular weight excluding hydrogens is 437 g/mol. The average molecular weight is 457 g/mol. The second kappa shape index (κ2) is 10.4. The number of urea groups is 1. The molecule has 32 heavy (non-hydrogen) atoms. The maximum absolute atomic E-state index is 12.9. The van der Waals surface area contributed by atoms with Crippen molar-refractivity contribution in [2.24, 2.45) is 0 Å². The van der Waals surface area contributed by atoms with Crippen LogP contribution < -0.4 is 26.0 Å². The Labute approximate surface area is 187 Å². The summed E-state index contributed by atoms with van der Waals surface area (Å²) in [4.78, 5) is 40.0. The molecule has 0 aliphatic rings. The minimum absolute atomic E-state index is 0.0364. The predicted octanol–water partition coefficient (Wildman–Crippen LogP) is 4.07. The van der Waals surface area contributed by atoms with Crippen LogP contribution in [0.3, 0.4) is 0 Å². The fourth-order valence-electron chi connectivity index (χ4n) is 2.68. The molecule has 4 N–H and O–H groups in total. The quantitative estimate of drug-likeness (QED) is 0.426. The zero-order valence-corrected chi connectivity index (χ0v) is 18.0. The zero-order chi connectivity index (χ0) is 23.1. The lowest BCUT2D eigenvalue weighted by Gasteiger charge is -2.12. The minimum Gasteiger partial charge on any atom is -0.495 e. The van der Waals surface area contributed by atoms with Crippen LogP contribution in [0.4, 0.5) is 31.4 Å². The van der Waals surface area contributed by atoms with Gasteiger partial charge in [0.15, 0.2) is 5.13 Å². The van der Waals surface area contributed by atoms with Gasteiger partial charge in [0.1, 0.15) is 11.6 Å². The number of anilines is 4. The van der Waals surface area contributed by atoms with Crippen molar-refractivity contribution in [1.29, 1.82) is 0 Å². The van der Waals surface area contributed by atoms with E-state index in [2.05, 4.69) is 26.3 Å². The van der Waals surface area contributed by atoms with Gasteiger partial charge in [0.2, 0.25) is 11.8 Å². The van der Waals surface area contributed by atoms with Gasteiger partial charge in [0, 0.05) is 23.7 Å². The molecule has 0 radical (unpaired) electrons. The summed E-state index contributed by atoms with van der Waals surface area (Å²) in [6.07, 6.45) is -0.0364. The summed E-state index contributed by atoms with van der Waals surface area (Å²) >= 11 is 1.16. The summed E-state index contributed by atoms with van der Waals surface area (Å²) in [7, 11) is 1.47. The second-order valence-electron chi connectivity index (χ2n) is 6.55. The molecule has 0 saturated carbocycles. The molecule has 1 aromatic heterocycles. The zero-order valence-electron chi connectivity index (χ0n) is 17.2. The summed E-state index contributed by atoms with van der Waals surface area (Å²) in [6, 6.07) is 9.67. The fourth-order valence-corrected chi connectivity index (χ4v) is 3.39. The van der Waals surface area contributed by atoms with E-state index in [1.807, 2.05) is 0 Å². The number of benzene rings is 2. The number of hydrogen-bond acceptors (Lipinski definition) is 6. The number of halogens is 1. The highest BCUT2D eigenvalue weighted by Crippen LogP contribution is 2.28. The number of ether oxygens (including phenoxy) is 1. The van der Waals surface area contributed by atoms with Crippen molar-refractivity contribution in [1.82, 2.24) is 4.98 Å². The van der Waals surface area contributed by atoms with Crippen LogP contribution in [0.1, 0.15) is 12.6 Å². The highest BCUT2D eigenvalue weighted by atomic mass is 32.1. The Kier molecular flexibility index (Phi) is 7.34. The van der Waals surface area contributed by atoms with Gasteiger partial charge in [0.25, 0.3) is 0 Å². The number of nitrogens with zero attached hydrogens (tertiary/aromatic N) is 1. The summed E-state index contributed by atoms with van der Waals surface area (Å²) < 4.78 is 18.2. The maximum atomic E-state index is 12.9. The van der Waals surface area contributed by atoms with Crippen LogP contribution in [0.15, 0.2) is 47.8 Å². The molecule has 0 bridgehead atoms. The number of hydrogen-bond donors (Lipinski definition) is 4. The molecule has 0 unspecified atom stereocenters. The average Bonchev–Trinajstić information content (AvgIpc) is 3.15. The van der Waals surface area contributed by atoms with Crippen LogP contribution in [0.2, 0.25) is 0 Å². The van der Waals surface area contributed by atoms with E-state index in [9.17, 15) is 18.8 Å². The van der Waals surface area contributed by atoms with E-state index in [-0.39, 0.29) is 18.2 Å². The summed E-state index contributed by atoms with van der Waals surface area (Å²) in [5.74, 6) is -0.557. The number of carbonyl (C=O) groups is 3. The minimum atomic E-state index is -0.540. The third kappa shape index (κ3) is 6.51. The van der Waals surface area contributed by atoms with Crippen molar-refractivity contribution in [3.63, 3.8) is 0 Å². The monoisotopic (exact) mass is 457 g/mol. The van der Waals surface area contributed by atoms with E-state index < -0.39 is 11.8 Å². The molecule has 4 amide bonds. The van der Waals surface area contributed by atoms with Gasteiger partial charge in [-0.3, -0.25) is 14.9 Å². The van der Waals surface area contributed by atoms with E-state index in [1.165, 1.54) is 38.3 Å². The van der Waals surface area contributed by atoms with E-state index in [0.717, 1.165) is 11.3 Å². The normalized spacial score (nSPS) is 10.2. The van der Waals surface area contributed by atoms with Gasteiger partial charge in [-0.15, -0.1) is 11.3 Å². The van der Waals surface area contributed by atoms with Crippen molar-refractivity contribution in [2.75, 3.05) is 28.4 Å². The van der Waals surface area contributed by atoms with Gasteiger partial charge in [-0.25, -0.2) is 14.2 Å². The molecule has 9 nitrogen and oxygen atoms in total. The molecule has 3 rings (SSSR count). The number of carbonyl (C=O) groups excluding carboxylic acids is 3. The predicted molar refractivity (Wildman–Crippen MR) is 121 cm³/mol. The SMILES string of the molecule is COc1ccc(NC(C)=O)cc1NC(=O)Cc1csc(NC(=O)Nc2ccc(F)cc2)n1. The molecule has 0 atom stereocenters. The second-order valence-corrected chi connectivity index (χ2v) is 7.41. The smallest absolute Gasteiger partial charge is 0.325 e. The number of aromatic nitrogens is 1. The molecule has 11 heteroatoms. The van der Waals surface area contributed by atoms with Gasteiger partial charge >= 0.3 is 6.03 Å². The van der Waals surface area contributed by atoms with Crippen molar-refractivity contribution < 1.29 is 23.5 Å². The topological polar surface area (TPSA) is 121 Å². The largest absolute Gasteiger partial charge is 0.495 e. The number of amides is 4. The van der Waals surface area contributed by atoms with Crippen LogP contribution in [0, 0.1) is 5.82 Å². The molecule has 0 aliphatic heterocycles. The van der Waals surface area contributed by atoms with Crippen molar-refractivity contribution >= 4 is 51.4 Å². The first-order valence-corrected chi connectivity index (χ1v) is 10.2. The first kappa shape index (κ1) is 22.7. The maximum Gasteiger partial charge on any atom is 0.325 e. The summed E-state index contributed by atoms with van der Waals surface area (Å²) in [5.41, 5.74) is 1.80. The Balaban J connectivity index is 1.58. The molecule has 2 aromatic carbocycles. The van der Waals surface area contributed by atoms with Crippen molar-refractivity contribution in [3.05, 3.63) is 59.4 Å². The Morgan fingerprint density at radius 3 is 2.41 bits per heavy atom. The van der Waals surface area contributed by atoms with Gasteiger partial charge in [-0.2, -0.15) is 0 Å². The molecule has 0 saturated heterocycles. The van der Waals surface area contributed by atoms with Gasteiger partial charge in [-0.05, 0) is 42.5 Å². The molecule has 1 heterocycles. The highest BCUT2D eigenvalue weighted by molar-refractivity contribution is 7.14. The van der Waals surface area contributed by atoms with Crippen molar-refractivity contribution in [2.45, 2.75) is 13.3 Å². The van der Waals surface area contributed by atoms with Crippen LogP contribution in [0.5, 0.6) is 5.75 Å². The number of thiazole rings is 1. The van der Waals surface area contributed by atoms with Crippen LogP contribution >= 0.6 is 11.3 Å². The number of rotatable bonds is 7. The third-order valence-corrected chi connectivity index (χ3v) is 4.82. The molecular formula is C21H20FN5O4S. The van der Waals surface area contributed by atoms with Gasteiger partial charge in [-0.1, -0.05) is 0 Å². The lowest BCUT2D eigenvalue weighted by molar-refractivity contribution is -0.116. The first-order chi connectivity index (χ1) is 15.3. The highest BCUT2D eigenvalue weighted by Gasteiger charge is 2.13. The molecule has 3 aromatic rings. The van der Waals surface area contributed by atoms with E-state index >= 15 is 0 Å². The first-order valence-electron chi connectivity index (χ1n) is 9.36. The Bertz CT molecular complexity index is 1130. The molecule has 0 aliphatic carbocycles. The lowest BCUT2D eigenvalue weighted by Crippen LogP contribution is -2.19. The standard InChI is InChI=1S/C21H20FN5O4S/c1-12(28)23-15-7-8-18(31-2)17(9-15)26-19(29)10-16-11-32-21(25-16)27-20(30)24-14-5-3-13(22)4-6-14/h3-9,11H,10H2,1-2H3,(H,23,28)(H,26,29)(H2,24,25,27,30).